The first-order valence-corrected chi connectivity index (χ1v) is 7.38. The summed E-state index contributed by atoms with van der Waals surface area (Å²) in [4.78, 5) is 13.7. The van der Waals surface area contributed by atoms with E-state index in [2.05, 4.69) is 5.32 Å². The van der Waals surface area contributed by atoms with Crippen molar-refractivity contribution >= 4 is 5.91 Å². The quantitative estimate of drug-likeness (QED) is 0.797. The maximum atomic E-state index is 12.8. The third-order valence-electron chi connectivity index (χ3n) is 3.47. The number of hydrogen-bond donors (Lipinski definition) is 1. The van der Waals surface area contributed by atoms with Gasteiger partial charge in [0.15, 0.2) is 0 Å². The molecule has 3 nitrogen and oxygen atoms in total. The van der Waals surface area contributed by atoms with Gasteiger partial charge in [-0.25, -0.2) is 4.39 Å². The Balaban J connectivity index is 1.67. The zero-order valence-electron chi connectivity index (χ0n) is 12.8. The highest BCUT2D eigenvalue weighted by Gasteiger charge is 2.08. The lowest BCUT2D eigenvalue weighted by molar-refractivity contribution is -0.129. The Labute approximate surface area is 130 Å². The number of likely N-dealkylation sites (N-methyl/N-ethyl adjacent to an activating group) is 1. The largest absolute Gasteiger partial charge is 0.340 e. The van der Waals surface area contributed by atoms with E-state index < -0.39 is 0 Å². The number of hydrogen-bond acceptors (Lipinski definition) is 2. The Bertz CT molecular complexity index is 584. The molecule has 0 saturated carbocycles. The predicted octanol–water partition coefficient (Wildman–Crippen LogP) is 2.62. The Morgan fingerprint density at radius 3 is 2.41 bits per heavy atom. The third kappa shape index (κ3) is 5.30. The molecular weight excluding hydrogens is 279 g/mol. The van der Waals surface area contributed by atoms with Gasteiger partial charge in [0.05, 0.1) is 6.54 Å². The Kier molecular flexibility index (Phi) is 6.10. The predicted molar refractivity (Wildman–Crippen MR) is 85.9 cm³/mol. The van der Waals surface area contributed by atoms with Crippen LogP contribution in [-0.2, 0) is 17.8 Å². The van der Waals surface area contributed by atoms with Crippen molar-refractivity contribution in [1.82, 2.24) is 10.2 Å². The van der Waals surface area contributed by atoms with Crippen LogP contribution < -0.4 is 5.32 Å². The van der Waals surface area contributed by atoms with Gasteiger partial charge < -0.3 is 10.2 Å². The number of halogens is 1. The molecule has 116 valence electrons. The smallest absolute Gasteiger partial charge is 0.236 e. The first kappa shape index (κ1) is 16.2. The molecule has 2 rings (SSSR count). The van der Waals surface area contributed by atoms with Crippen LogP contribution in [-0.4, -0.2) is 30.9 Å². The number of nitrogens with zero attached hydrogens (tertiary/aromatic N) is 1. The first-order valence-electron chi connectivity index (χ1n) is 7.38. The summed E-state index contributed by atoms with van der Waals surface area (Å²) in [7, 11) is 1.80. The van der Waals surface area contributed by atoms with Gasteiger partial charge >= 0.3 is 0 Å². The molecule has 1 amide bonds. The van der Waals surface area contributed by atoms with Crippen molar-refractivity contribution < 1.29 is 9.18 Å². The number of carbonyl (C=O) groups excluding carboxylic acids is 1. The van der Waals surface area contributed by atoms with Crippen LogP contribution in [0.4, 0.5) is 4.39 Å². The van der Waals surface area contributed by atoms with Crippen LogP contribution >= 0.6 is 0 Å². The number of nitrogens with one attached hydrogen (secondary N) is 1. The second-order valence-corrected chi connectivity index (χ2v) is 5.29. The van der Waals surface area contributed by atoms with Gasteiger partial charge in [-0.05, 0) is 36.2 Å². The molecule has 0 atom stereocenters. The summed E-state index contributed by atoms with van der Waals surface area (Å²) in [6.45, 7) is 1.61. The van der Waals surface area contributed by atoms with Crippen molar-refractivity contribution in [3.05, 3.63) is 71.5 Å². The number of benzene rings is 2. The molecule has 0 aliphatic carbocycles. The zero-order chi connectivity index (χ0) is 15.8. The SMILES string of the molecule is CN(Cc1ccccc1)C(=O)CNCCc1ccc(F)cc1. The van der Waals surface area contributed by atoms with Crippen LogP contribution in [0.2, 0.25) is 0 Å². The molecule has 0 aliphatic rings. The molecule has 0 fully saturated rings. The van der Waals surface area contributed by atoms with E-state index in [0.29, 0.717) is 19.6 Å². The van der Waals surface area contributed by atoms with E-state index in [1.807, 2.05) is 30.3 Å². The maximum absolute atomic E-state index is 12.8. The molecule has 0 saturated heterocycles. The topological polar surface area (TPSA) is 32.3 Å². The number of amides is 1. The molecule has 0 radical (unpaired) electrons. The van der Waals surface area contributed by atoms with Crippen molar-refractivity contribution in [1.29, 1.82) is 0 Å². The average molecular weight is 300 g/mol. The third-order valence-corrected chi connectivity index (χ3v) is 3.47. The Morgan fingerprint density at radius 2 is 1.73 bits per heavy atom. The standard InChI is InChI=1S/C18H21FN2O/c1-21(14-16-5-3-2-4-6-16)18(22)13-20-12-11-15-7-9-17(19)10-8-15/h2-10,20H,11-14H2,1H3. The van der Waals surface area contributed by atoms with E-state index in [4.69, 9.17) is 0 Å². The number of rotatable bonds is 7. The lowest BCUT2D eigenvalue weighted by Crippen LogP contribution is -2.35. The molecule has 2 aromatic rings. The lowest BCUT2D eigenvalue weighted by Gasteiger charge is -2.17. The Hall–Kier alpha value is -2.20. The van der Waals surface area contributed by atoms with Gasteiger partial charge in [-0.15, -0.1) is 0 Å². The van der Waals surface area contributed by atoms with E-state index in [1.165, 1.54) is 12.1 Å². The molecule has 22 heavy (non-hydrogen) atoms. The van der Waals surface area contributed by atoms with Gasteiger partial charge in [-0.1, -0.05) is 42.5 Å². The highest BCUT2D eigenvalue weighted by Crippen LogP contribution is 2.03. The summed E-state index contributed by atoms with van der Waals surface area (Å²) >= 11 is 0. The fourth-order valence-corrected chi connectivity index (χ4v) is 2.16. The van der Waals surface area contributed by atoms with E-state index in [0.717, 1.165) is 17.5 Å². The molecular formula is C18H21FN2O. The summed E-state index contributed by atoms with van der Waals surface area (Å²) in [5, 5.41) is 3.13. The molecule has 0 spiro atoms. The van der Waals surface area contributed by atoms with E-state index in [9.17, 15) is 9.18 Å². The molecule has 0 heterocycles. The fraction of sp³-hybridized carbons (Fsp3) is 0.278. The van der Waals surface area contributed by atoms with Gasteiger partial charge in [0.25, 0.3) is 0 Å². The van der Waals surface area contributed by atoms with Crippen LogP contribution in [0.25, 0.3) is 0 Å². The molecule has 4 heteroatoms. The van der Waals surface area contributed by atoms with Crippen molar-refractivity contribution in [3.63, 3.8) is 0 Å². The van der Waals surface area contributed by atoms with Crippen molar-refractivity contribution in [3.8, 4) is 0 Å². The second kappa shape index (κ2) is 8.29. The van der Waals surface area contributed by atoms with Gasteiger partial charge in [0.2, 0.25) is 5.91 Å². The van der Waals surface area contributed by atoms with E-state index in [1.54, 1.807) is 24.1 Å². The summed E-state index contributed by atoms with van der Waals surface area (Å²) in [6, 6.07) is 16.3. The van der Waals surface area contributed by atoms with Crippen LogP contribution in [0.1, 0.15) is 11.1 Å². The fourth-order valence-electron chi connectivity index (χ4n) is 2.16. The van der Waals surface area contributed by atoms with Crippen LogP contribution in [0.3, 0.4) is 0 Å². The maximum Gasteiger partial charge on any atom is 0.236 e. The molecule has 0 aromatic heterocycles. The van der Waals surface area contributed by atoms with Crippen molar-refractivity contribution in [2.45, 2.75) is 13.0 Å². The Morgan fingerprint density at radius 1 is 1.05 bits per heavy atom. The van der Waals surface area contributed by atoms with E-state index >= 15 is 0 Å². The minimum atomic E-state index is -0.227. The minimum Gasteiger partial charge on any atom is -0.340 e. The number of carbonyl (C=O) groups is 1. The average Bonchev–Trinajstić information content (AvgIpc) is 2.54. The van der Waals surface area contributed by atoms with Crippen LogP contribution in [0.5, 0.6) is 0 Å². The van der Waals surface area contributed by atoms with Crippen molar-refractivity contribution in [2.75, 3.05) is 20.1 Å². The normalized spacial score (nSPS) is 10.5. The van der Waals surface area contributed by atoms with Gasteiger partial charge in [0.1, 0.15) is 5.82 Å². The van der Waals surface area contributed by atoms with Gasteiger partial charge in [-0.3, -0.25) is 4.79 Å². The highest BCUT2D eigenvalue weighted by atomic mass is 19.1. The van der Waals surface area contributed by atoms with Crippen LogP contribution in [0, 0.1) is 5.82 Å². The first-order chi connectivity index (χ1) is 10.6. The molecule has 2 aromatic carbocycles. The van der Waals surface area contributed by atoms with Crippen molar-refractivity contribution in [2.24, 2.45) is 0 Å². The summed E-state index contributed by atoms with van der Waals surface area (Å²) in [5.74, 6) is -0.169. The summed E-state index contributed by atoms with van der Waals surface area (Å²) < 4.78 is 12.8. The minimum absolute atomic E-state index is 0.0583. The summed E-state index contributed by atoms with van der Waals surface area (Å²) in [6.07, 6.45) is 0.774. The zero-order valence-corrected chi connectivity index (χ0v) is 12.8. The lowest BCUT2D eigenvalue weighted by atomic mass is 10.1. The molecule has 1 N–H and O–H groups in total. The molecule has 0 bridgehead atoms. The highest BCUT2D eigenvalue weighted by molar-refractivity contribution is 5.77. The van der Waals surface area contributed by atoms with E-state index in [-0.39, 0.29) is 11.7 Å². The van der Waals surface area contributed by atoms with Gasteiger partial charge in [-0.2, -0.15) is 0 Å². The second-order valence-electron chi connectivity index (χ2n) is 5.29. The summed E-state index contributed by atoms with van der Waals surface area (Å²) in [5.41, 5.74) is 2.17. The monoisotopic (exact) mass is 300 g/mol. The molecule has 0 aliphatic heterocycles. The van der Waals surface area contributed by atoms with Crippen LogP contribution in [0.15, 0.2) is 54.6 Å². The molecule has 0 unspecified atom stereocenters. The van der Waals surface area contributed by atoms with Gasteiger partial charge in [0, 0.05) is 13.6 Å².